The van der Waals surface area contributed by atoms with Crippen LogP contribution >= 0.6 is 23.2 Å². The Labute approximate surface area is 202 Å². The van der Waals surface area contributed by atoms with Gasteiger partial charge in [0.2, 0.25) is 5.91 Å². The van der Waals surface area contributed by atoms with Gasteiger partial charge in [-0.1, -0.05) is 54.8 Å². The number of anilines is 1. The number of hydrogen-bond acceptors (Lipinski definition) is 2. The predicted octanol–water partition coefficient (Wildman–Crippen LogP) is 6.80. The maximum Gasteiger partial charge on any atom is 0.237 e. The molecule has 174 valence electrons. The molecule has 1 amide bonds. The summed E-state index contributed by atoms with van der Waals surface area (Å²) in [6.45, 7) is 3.89. The lowest BCUT2D eigenvalue weighted by atomic mass is 9.58. The van der Waals surface area contributed by atoms with Gasteiger partial charge >= 0.3 is 0 Å². The lowest BCUT2D eigenvalue weighted by Gasteiger charge is -2.45. The molecule has 1 unspecified atom stereocenters. The first kappa shape index (κ1) is 23.9. The minimum Gasteiger partial charge on any atom is -0.325 e. The lowest BCUT2D eigenvalue weighted by Crippen LogP contribution is -2.53. The fraction of sp³-hybridized carbons (Fsp3) is 0.346. The molecule has 1 aliphatic carbocycles. The van der Waals surface area contributed by atoms with Crippen LogP contribution in [0.2, 0.25) is 5.02 Å². The fourth-order valence-corrected chi connectivity index (χ4v) is 6.08. The number of benzene rings is 2. The first-order valence-electron chi connectivity index (χ1n) is 11.0. The molecule has 2 N–H and O–H groups in total. The van der Waals surface area contributed by atoms with Gasteiger partial charge in [0, 0.05) is 10.7 Å². The number of fused-ring (bicyclic) bond motifs is 1. The molecule has 0 aromatic heterocycles. The second-order valence-corrected chi connectivity index (χ2v) is 9.63. The number of carbonyl (C=O) groups excluding carboxylic acids is 1. The zero-order valence-electron chi connectivity index (χ0n) is 18.7. The summed E-state index contributed by atoms with van der Waals surface area (Å²) in [4.78, 5) is 14.0. The van der Waals surface area contributed by atoms with Crippen molar-refractivity contribution in [3.05, 3.63) is 86.9 Å². The number of halogens is 4. The van der Waals surface area contributed by atoms with Gasteiger partial charge in [-0.05, 0) is 79.3 Å². The third kappa shape index (κ3) is 3.90. The molecule has 2 aliphatic rings. The summed E-state index contributed by atoms with van der Waals surface area (Å²) in [5, 5.41) is 6.86. The molecule has 0 fully saturated rings. The van der Waals surface area contributed by atoms with E-state index in [0.29, 0.717) is 34.7 Å². The average Bonchev–Trinajstić information content (AvgIpc) is 3.04. The molecule has 0 saturated carbocycles. The van der Waals surface area contributed by atoms with E-state index in [0.717, 1.165) is 5.56 Å². The molecule has 33 heavy (non-hydrogen) atoms. The zero-order chi connectivity index (χ0) is 23.9. The molecule has 0 radical (unpaired) electrons. The quantitative estimate of drug-likeness (QED) is 0.467. The smallest absolute Gasteiger partial charge is 0.237 e. The van der Waals surface area contributed by atoms with Crippen LogP contribution in [0.15, 0.2) is 53.6 Å². The van der Waals surface area contributed by atoms with E-state index >= 15 is 0 Å². The van der Waals surface area contributed by atoms with Crippen molar-refractivity contribution < 1.29 is 13.6 Å². The number of allylic oxidation sites excluding steroid dienone is 4. The van der Waals surface area contributed by atoms with E-state index < -0.39 is 23.1 Å². The van der Waals surface area contributed by atoms with E-state index in [1.54, 1.807) is 13.1 Å². The van der Waals surface area contributed by atoms with Crippen LogP contribution in [0.4, 0.5) is 14.5 Å². The van der Waals surface area contributed by atoms with E-state index in [4.69, 9.17) is 23.2 Å². The lowest BCUT2D eigenvalue weighted by molar-refractivity contribution is -0.125. The Bertz CT molecular complexity index is 1160. The van der Waals surface area contributed by atoms with Gasteiger partial charge in [0.05, 0.1) is 16.5 Å². The van der Waals surface area contributed by atoms with Crippen LogP contribution < -0.4 is 10.6 Å². The number of rotatable bonds is 6. The van der Waals surface area contributed by atoms with E-state index in [1.165, 1.54) is 24.3 Å². The summed E-state index contributed by atoms with van der Waals surface area (Å²) in [5.41, 5.74) is 1.24. The van der Waals surface area contributed by atoms with Crippen molar-refractivity contribution in [3.63, 3.8) is 0 Å². The molecule has 0 saturated heterocycles. The minimum absolute atomic E-state index is 0.0654. The topological polar surface area (TPSA) is 41.1 Å². The van der Waals surface area contributed by atoms with Crippen LogP contribution in [-0.4, -0.2) is 13.0 Å². The molecule has 1 aliphatic heterocycles. The van der Waals surface area contributed by atoms with Gasteiger partial charge in [-0.3, -0.25) is 4.79 Å². The molecule has 3 nitrogen and oxygen atoms in total. The van der Waals surface area contributed by atoms with Gasteiger partial charge in [0.15, 0.2) is 0 Å². The van der Waals surface area contributed by atoms with Crippen LogP contribution in [0.5, 0.6) is 0 Å². The van der Waals surface area contributed by atoms with E-state index in [1.807, 2.05) is 32.1 Å². The van der Waals surface area contributed by atoms with Crippen LogP contribution in [0.25, 0.3) is 0 Å². The largest absolute Gasteiger partial charge is 0.325 e. The van der Waals surface area contributed by atoms with Crippen LogP contribution in [0.1, 0.15) is 42.5 Å². The Morgan fingerprint density at radius 2 is 2.00 bits per heavy atom. The Kier molecular flexibility index (Phi) is 6.68. The average molecular weight is 491 g/mol. The maximum absolute atomic E-state index is 14.8. The highest BCUT2D eigenvalue weighted by Crippen LogP contribution is 2.56. The summed E-state index contributed by atoms with van der Waals surface area (Å²) in [6.07, 6.45) is 6.96. The maximum atomic E-state index is 14.8. The summed E-state index contributed by atoms with van der Waals surface area (Å²) in [6, 6.07) is 6.71. The highest BCUT2D eigenvalue weighted by Gasteiger charge is 2.58. The third-order valence-corrected chi connectivity index (χ3v) is 7.60. The fourth-order valence-electron chi connectivity index (χ4n) is 5.66. The SMILES string of the molecule is CC[C@@H](C1C=CC=C(Cl)C1)[C@@]1([C@@H](NC)c2cc(F)ccc2C)C(=O)Nc2cc(Cl)c(F)cc21. The number of likely N-dealkylation sites (N-methyl/N-ethyl adjacent to an activating group) is 1. The summed E-state index contributed by atoms with van der Waals surface area (Å²) in [5.74, 6) is -1.61. The molecule has 0 spiro atoms. The predicted molar refractivity (Wildman–Crippen MR) is 130 cm³/mol. The van der Waals surface area contributed by atoms with Crippen LogP contribution in [-0.2, 0) is 10.2 Å². The molecule has 7 heteroatoms. The summed E-state index contributed by atoms with van der Waals surface area (Å²) >= 11 is 12.5. The molecule has 4 atom stereocenters. The van der Waals surface area contributed by atoms with Crippen molar-refractivity contribution in [2.24, 2.45) is 11.8 Å². The molecular formula is C26H26Cl2F2N2O. The second kappa shape index (κ2) is 9.21. The third-order valence-electron chi connectivity index (χ3n) is 7.03. The Morgan fingerprint density at radius 3 is 2.67 bits per heavy atom. The molecule has 4 rings (SSSR count). The Hall–Kier alpha value is -2.21. The molecule has 2 aromatic carbocycles. The number of carbonyl (C=O) groups is 1. The van der Waals surface area contributed by atoms with Crippen LogP contribution in [0.3, 0.4) is 0 Å². The van der Waals surface area contributed by atoms with Crippen molar-refractivity contribution in [3.8, 4) is 0 Å². The Morgan fingerprint density at radius 1 is 1.24 bits per heavy atom. The number of hydrogen-bond donors (Lipinski definition) is 2. The molecule has 0 bridgehead atoms. The number of nitrogens with one attached hydrogen (secondary N) is 2. The van der Waals surface area contributed by atoms with Crippen molar-refractivity contribution in [2.45, 2.75) is 38.1 Å². The normalized spacial score (nSPS) is 23.7. The molecule has 2 aromatic rings. The van der Waals surface area contributed by atoms with E-state index in [-0.39, 0.29) is 22.8 Å². The first-order chi connectivity index (χ1) is 15.7. The first-order valence-corrected chi connectivity index (χ1v) is 11.8. The van der Waals surface area contributed by atoms with Gasteiger partial charge in [0.1, 0.15) is 11.6 Å². The number of amides is 1. The van der Waals surface area contributed by atoms with Gasteiger partial charge in [-0.25, -0.2) is 8.78 Å². The van der Waals surface area contributed by atoms with Gasteiger partial charge in [-0.15, -0.1) is 0 Å². The van der Waals surface area contributed by atoms with Gasteiger partial charge < -0.3 is 10.6 Å². The summed E-state index contributed by atoms with van der Waals surface area (Å²) < 4.78 is 29.2. The Balaban J connectivity index is 2.03. The van der Waals surface area contributed by atoms with Crippen molar-refractivity contribution >= 4 is 34.8 Å². The van der Waals surface area contributed by atoms with Crippen LogP contribution in [0, 0.1) is 30.4 Å². The second-order valence-electron chi connectivity index (χ2n) is 8.74. The highest BCUT2D eigenvalue weighted by molar-refractivity contribution is 6.31. The highest BCUT2D eigenvalue weighted by atomic mass is 35.5. The monoisotopic (exact) mass is 490 g/mol. The molecular weight excluding hydrogens is 465 g/mol. The van der Waals surface area contributed by atoms with Gasteiger partial charge in [-0.2, -0.15) is 0 Å². The standard InChI is InChI=1S/C26H26Cl2F2N2O/c1-4-19(15-6-5-7-16(27)10-15)26(24(31-3)18-11-17(29)9-8-14(18)2)20-12-22(30)21(28)13-23(20)32-25(26)33/h5-9,11-13,15,19,24,31H,4,10H2,1-3H3,(H,32,33)/t15?,19-,24-,26+/m0/s1. The number of aryl methyl sites for hydroxylation is 1. The van der Waals surface area contributed by atoms with Crippen molar-refractivity contribution in [2.75, 3.05) is 12.4 Å². The zero-order valence-corrected chi connectivity index (χ0v) is 20.2. The van der Waals surface area contributed by atoms with E-state index in [2.05, 4.69) is 10.6 Å². The minimum atomic E-state index is -1.23. The van der Waals surface area contributed by atoms with Crippen molar-refractivity contribution in [1.82, 2.24) is 5.32 Å². The van der Waals surface area contributed by atoms with Crippen molar-refractivity contribution in [1.29, 1.82) is 0 Å². The molecule has 1 heterocycles. The summed E-state index contributed by atoms with van der Waals surface area (Å²) in [7, 11) is 1.74. The van der Waals surface area contributed by atoms with Gasteiger partial charge in [0.25, 0.3) is 0 Å². The van der Waals surface area contributed by atoms with E-state index in [9.17, 15) is 13.6 Å².